The van der Waals surface area contributed by atoms with Crippen molar-refractivity contribution in [1.82, 2.24) is 5.32 Å². The quantitative estimate of drug-likeness (QED) is 0.674. The van der Waals surface area contributed by atoms with Gasteiger partial charge in [-0.05, 0) is 38.3 Å². The molecule has 0 aromatic heterocycles. The van der Waals surface area contributed by atoms with E-state index in [1.807, 2.05) is 51.1 Å². The molecule has 104 valence electrons. The van der Waals surface area contributed by atoms with E-state index in [1.165, 1.54) is 0 Å². The van der Waals surface area contributed by atoms with Crippen LogP contribution in [0, 0.1) is 0 Å². The van der Waals surface area contributed by atoms with Crippen LogP contribution in [-0.2, 0) is 4.79 Å². The molecule has 0 radical (unpaired) electrons. The minimum Gasteiger partial charge on any atom is -0.350 e. The second-order valence-electron chi connectivity index (χ2n) is 5.13. The molecule has 1 aromatic rings. The molecule has 0 heterocycles. The van der Waals surface area contributed by atoms with Gasteiger partial charge in [0, 0.05) is 11.6 Å². The highest BCUT2D eigenvalue weighted by molar-refractivity contribution is 6.34. The fourth-order valence-corrected chi connectivity index (χ4v) is 2.37. The van der Waals surface area contributed by atoms with Crippen LogP contribution in [0.15, 0.2) is 42.0 Å². The van der Waals surface area contributed by atoms with E-state index < -0.39 is 0 Å². The lowest BCUT2D eigenvalue weighted by molar-refractivity contribution is -0.117. The van der Waals surface area contributed by atoms with E-state index in [-0.39, 0.29) is 23.3 Å². The summed E-state index contributed by atoms with van der Waals surface area (Å²) in [6.45, 7) is 5.70. The number of hydrogen-bond donors (Lipinski definition) is 1. The minimum atomic E-state index is -0.277. The standard InChI is InChI=1S/C17H19NO2/c1-4-5-8-13-12-9-6-7-10-14(12)16(19)15(13)17(20)18-11(2)3/h4-7,9-11H,8H2,1-3H3,(H,18,20)/b5-4+. The fourth-order valence-electron chi connectivity index (χ4n) is 2.37. The maximum absolute atomic E-state index is 12.5. The number of carbonyl (C=O) groups is 2. The molecule has 3 nitrogen and oxygen atoms in total. The Morgan fingerprint density at radius 2 is 1.90 bits per heavy atom. The topological polar surface area (TPSA) is 46.2 Å². The lowest BCUT2D eigenvalue weighted by atomic mass is 10.0. The van der Waals surface area contributed by atoms with Gasteiger partial charge in [-0.15, -0.1) is 0 Å². The maximum Gasteiger partial charge on any atom is 0.255 e. The van der Waals surface area contributed by atoms with Gasteiger partial charge in [0.15, 0.2) is 5.78 Å². The zero-order chi connectivity index (χ0) is 14.7. The average Bonchev–Trinajstić information content (AvgIpc) is 2.69. The Bertz CT molecular complexity index is 609. The Labute approximate surface area is 119 Å². The number of rotatable bonds is 4. The Balaban J connectivity index is 2.49. The summed E-state index contributed by atoms with van der Waals surface area (Å²) < 4.78 is 0. The largest absolute Gasteiger partial charge is 0.350 e. The van der Waals surface area contributed by atoms with Crippen LogP contribution in [0.4, 0.5) is 0 Å². The maximum atomic E-state index is 12.5. The van der Waals surface area contributed by atoms with E-state index in [2.05, 4.69) is 5.32 Å². The van der Waals surface area contributed by atoms with Crippen molar-refractivity contribution < 1.29 is 9.59 Å². The van der Waals surface area contributed by atoms with Crippen molar-refractivity contribution in [3.05, 3.63) is 53.1 Å². The molecule has 0 aliphatic heterocycles. The fraction of sp³-hybridized carbons (Fsp3) is 0.294. The highest BCUT2D eigenvalue weighted by atomic mass is 16.2. The number of Topliss-reactive ketones (excluding diaryl/α,β-unsaturated/α-hetero) is 1. The second kappa shape index (κ2) is 5.87. The minimum absolute atomic E-state index is 0.00878. The SMILES string of the molecule is C/C=C/CC1=C(C(=O)NC(C)C)C(=O)c2ccccc21. The van der Waals surface area contributed by atoms with Gasteiger partial charge in [-0.3, -0.25) is 9.59 Å². The van der Waals surface area contributed by atoms with Gasteiger partial charge in [-0.25, -0.2) is 0 Å². The van der Waals surface area contributed by atoms with Gasteiger partial charge >= 0.3 is 0 Å². The molecular formula is C17H19NO2. The zero-order valence-corrected chi connectivity index (χ0v) is 12.1. The van der Waals surface area contributed by atoms with Crippen molar-refractivity contribution >= 4 is 17.3 Å². The summed E-state index contributed by atoms with van der Waals surface area (Å²) in [5, 5.41) is 2.81. The molecule has 2 rings (SSSR count). The molecule has 1 aromatic carbocycles. The molecule has 0 saturated heterocycles. The number of fused-ring (bicyclic) bond motifs is 1. The number of benzene rings is 1. The van der Waals surface area contributed by atoms with Crippen molar-refractivity contribution in [2.24, 2.45) is 0 Å². The van der Waals surface area contributed by atoms with Gasteiger partial charge in [0.1, 0.15) is 0 Å². The van der Waals surface area contributed by atoms with Crippen molar-refractivity contribution in [3.63, 3.8) is 0 Å². The van der Waals surface area contributed by atoms with Crippen LogP contribution in [0.1, 0.15) is 43.1 Å². The number of allylic oxidation sites excluding steroid dienone is 3. The highest BCUT2D eigenvalue weighted by Crippen LogP contribution is 2.35. The normalized spacial score (nSPS) is 14.3. The first-order valence-electron chi connectivity index (χ1n) is 6.85. The van der Waals surface area contributed by atoms with Crippen LogP contribution in [-0.4, -0.2) is 17.7 Å². The van der Waals surface area contributed by atoms with Crippen molar-refractivity contribution in [1.29, 1.82) is 0 Å². The van der Waals surface area contributed by atoms with E-state index in [0.717, 1.165) is 11.1 Å². The number of amides is 1. The van der Waals surface area contributed by atoms with Gasteiger partial charge in [0.05, 0.1) is 5.57 Å². The zero-order valence-electron chi connectivity index (χ0n) is 12.1. The third kappa shape index (κ3) is 2.57. The third-order valence-electron chi connectivity index (χ3n) is 3.23. The van der Waals surface area contributed by atoms with E-state index in [1.54, 1.807) is 6.07 Å². The van der Waals surface area contributed by atoms with Crippen molar-refractivity contribution in [2.45, 2.75) is 33.2 Å². The molecule has 0 bridgehead atoms. The van der Waals surface area contributed by atoms with Gasteiger partial charge < -0.3 is 5.32 Å². The Morgan fingerprint density at radius 3 is 2.50 bits per heavy atom. The Kier molecular flexibility index (Phi) is 4.18. The van der Waals surface area contributed by atoms with E-state index >= 15 is 0 Å². The third-order valence-corrected chi connectivity index (χ3v) is 3.23. The first-order chi connectivity index (χ1) is 9.56. The van der Waals surface area contributed by atoms with Crippen LogP contribution in [0.5, 0.6) is 0 Å². The molecule has 1 aliphatic carbocycles. The lowest BCUT2D eigenvalue weighted by Crippen LogP contribution is -2.33. The number of carbonyl (C=O) groups excluding carboxylic acids is 2. The molecule has 1 N–H and O–H groups in total. The molecule has 0 unspecified atom stereocenters. The summed E-state index contributed by atoms with van der Waals surface area (Å²) >= 11 is 0. The predicted molar refractivity (Wildman–Crippen MR) is 80.4 cm³/mol. The highest BCUT2D eigenvalue weighted by Gasteiger charge is 2.32. The summed E-state index contributed by atoms with van der Waals surface area (Å²) in [6.07, 6.45) is 4.49. The van der Waals surface area contributed by atoms with Crippen LogP contribution >= 0.6 is 0 Å². The van der Waals surface area contributed by atoms with Crippen LogP contribution < -0.4 is 5.32 Å². The van der Waals surface area contributed by atoms with E-state index in [9.17, 15) is 9.59 Å². The molecule has 1 amide bonds. The molecule has 3 heteroatoms. The average molecular weight is 269 g/mol. The molecular weight excluding hydrogens is 250 g/mol. The molecule has 0 fully saturated rings. The lowest BCUT2D eigenvalue weighted by Gasteiger charge is -2.10. The predicted octanol–water partition coefficient (Wildman–Crippen LogP) is 3.13. The smallest absolute Gasteiger partial charge is 0.255 e. The van der Waals surface area contributed by atoms with Crippen LogP contribution in [0.3, 0.4) is 0 Å². The van der Waals surface area contributed by atoms with Gasteiger partial charge in [-0.1, -0.05) is 36.4 Å². The second-order valence-corrected chi connectivity index (χ2v) is 5.13. The molecule has 0 spiro atoms. The van der Waals surface area contributed by atoms with Gasteiger partial charge in [0.2, 0.25) is 0 Å². The summed E-state index contributed by atoms with van der Waals surface area (Å²) in [4.78, 5) is 24.7. The molecule has 1 aliphatic rings. The molecule has 20 heavy (non-hydrogen) atoms. The van der Waals surface area contributed by atoms with Gasteiger partial charge in [-0.2, -0.15) is 0 Å². The van der Waals surface area contributed by atoms with E-state index in [4.69, 9.17) is 0 Å². The summed E-state index contributed by atoms with van der Waals surface area (Å²) in [5.74, 6) is -0.445. The van der Waals surface area contributed by atoms with Crippen LogP contribution in [0.2, 0.25) is 0 Å². The number of hydrogen-bond acceptors (Lipinski definition) is 2. The van der Waals surface area contributed by atoms with E-state index in [0.29, 0.717) is 12.0 Å². The van der Waals surface area contributed by atoms with Gasteiger partial charge in [0.25, 0.3) is 5.91 Å². The first-order valence-corrected chi connectivity index (χ1v) is 6.85. The molecule has 0 atom stereocenters. The summed E-state index contributed by atoms with van der Waals surface area (Å²) in [5.41, 5.74) is 2.62. The van der Waals surface area contributed by atoms with Crippen molar-refractivity contribution in [2.75, 3.05) is 0 Å². The van der Waals surface area contributed by atoms with Crippen LogP contribution in [0.25, 0.3) is 5.57 Å². The summed E-state index contributed by atoms with van der Waals surface area (Å²) in [7, 11) is 0. The number of nitrogens with one attached hydrogen (secondary N) is 1. The monoisotopic (exact) mass is 269 g/mol. The molecule has 0 saturated carbocycles. The summed E-state index contributed by atoms with van der Waals surface area (Å²) in [6, 6.07) is 7.41. The van der Waals surface area contributed by atoms with Crippen molar-refractivity contribution in [3.8, 4) is 0 Å². The number of ketones is 1. The first kappa shape index (κ1) is 14.3. The Morgan fingerprint density at radius 1 is 1.25 bits per heavy atom. The Hall–Kier alpha value is -2.16.